The summed E-state index contributed by atoms with van der Waals surface area (Å²) in [6.07, 6.45) is -0.369. The predicted octanol–water partition coefficient (Wildman–Crippen LogP) is 3.01. The van der Waals surface area contributed by atoms with Crippen LogP contribution in [0.25, 0.3) is 0 Å². The van der Waals surface area contributed by atoms with E-state index in [2.05, 4.69) is 4.99 Å². The fraction of sp³-hybridized carbons (Fsp3) is 0.462. The number of nitrogens with zero attached hydrogens (tertiary/aromatic N) is 1. The maximum Gasteiger partial charge on any atom is 0.283 e. The quantitative estimate of drug-likeness (QED) is 0.909. The minimum atomic E-state index is -1.39. The summed E-state index contributed by atoms with van der Waals surface area (Å²) in [5.74, 6) is -1.04. The Hall–Kier alpha value is -1.36. The number of nitrogens with two attached hydrogens (primary N) is 1. The summed E-state index contributed by atoms with van der Waals surface area (Å²) in [5.41, 5.74) is 4.28. The van der Waals surface area contributed by atoms with E-state index in [1.54, 1.807) is 19.9 Å². The van der Waals surface area contributed by atoms with Crippen molar-refractivity contribution >= 4 is 17.6 Å². The molecule has 1 unspecified atom stereocenters. The van der Waals surface area contributed by atoms with Crippen LogP contribution in [0, 0.1) is 11.7 Å². The van der Waals surface area contributed by atoms with Gasteiger partial charge in [0.1, 0.15) is 24.1 Å². The summed E-state index contributed by atoms with van der Waals surface area (Å²) in [7, 11) is 0. The Morgan fingerprint density at radius 2 is 2.16 bits per heavy atom. The Labute approximate surface area is 115 Å². The molecule has 104 valence electrons. The van der Waals surface area contributed by atoms with E-state index in [0.29, 0.717) is 0 Å². The van der Waals surface area contributed by atoms with Crippen molar-refractivity contribution in [1.29, 1.82) is 0 Å². The predicted molar refractivity (Wildman–Crippen MR) is 70.4 cm³/mol. The smallest absolute Gasteiger partial charge is 0.283 e. The van der Waals surface area contributed by atoms with Crippen molar-refractivity contribution in [2.24, 2.45) is 16.6 Å². The van der Waals surface area contributed by atoms with Gasteiger partial charge in [-0.3, -0.25) is 0 Å². The number of hydrogen-bond donors (Lipinski definition) is 1. The standard InChI is InChI=1S/C13H15ClF2N2O/c1-7-8(2)19-12(17)18-13(7,6-15)9-4-3-5-10(14)11(9)16/h3-5,7-8H,6H2,1-2H3,(H2,17,18)/t7-,8?,13-/m1/s1. The molecule has 0 spiro atoms. The highest BCUT2D eigenvalue weighted by molar-refractivity contribution is 6.30. The van der Waals surface area contributed by atoms with Gasteiger partial charge in [-0.2, -0.15) is 0 Å². The van der Waals surface area contributed by atoms with E-state index in [1.807, 2.05) is 0 Å². The van der Waals surface area contributed by atoms with Gasteiger partial charge < -0.3 is 10.5 Å². The Morgan fingerprint density at radius 3 is 2.79 bits per heavy atom. The number of ether oxygens (including phenoxy) is 1. The van der Waals surface area contributed by atoms with Gasteiger partial charge in [0.05, 0.1) is 5.02 Å². The normalized spacial score (nSPS) is 30.7. The largest absolute Gasteiger partial charge is 0.462 e. The van der Waals surface area contributed by atoms with Crippen molar-refractivity contribution < 1.29 is 13.5 Å². The fourth-order valence-electron chi connectivity index (χ4n) is 2.37. The molecular formula is C13H15ClF2N2O. The highest BCUT2D eigenvalue weighted by atomic mass is 35.5. The van der Waals surface area contributed by atoms with Crippen LogP contribution in [0.1, 0.15) is 19.4 Å². The van der Waals surface area contributed by atoms with Crippen molar-refractivity contribution in [2.75, 3.05) is 6.67 Å². The van der Waals surface area contributed by atoms with Crippen molar-refractivity contribution in [3.8, 4) is 0 Å². The molecule has 0 saturated carbocycles. The van der Waals surface area contributed by atoms with E-state index in [1.165, 1.54) is 12.1 Å². The molecule has 0 fully saturated rings. The van der Waals surface area contributed by atoms with E-state index < -0.39 is 18.0 Å². The lowest BCUT2D eigenvalue weighted by Crippen LogP contribution is -2.48. The number of rotatable bonds is 2. The van der Waals surface area contributed by atoms with E-state index in [-0.39, 0.29) is 28.6 Å². The molecule has 1 aliphatic heterocycles. The molecule has 1 heterocycles. The first-order chi connectivity index (χ1) is 8.92. The monoisotopic (exact) mass is 288 g/mol. The zero-order chi connectivity index (χ0) is 14.2. The SMILES string of the molecule is CC1OC(N)=N[C@@](CF)(c2cccc(Cl)c2F)[C@@H]1C. The average molecular weight is 289 g/mol. The van der Waals surface area contributed by atoms with Gasteiger partial charge >= 0.3 is 0 Å². The average Bonchev–Trinajstić information content (AvgIpc) is 2.37. The van der Waals surface area contributed by atoms with Gasteiger partial charge in [0.15, 0.2) is 0 Å². The van der Waals surface area contributed by atoms with Gasteiger partial charge in [0.25, 0.3) is 6.02 Å². The Balaban J connectivity index is 2.65. The van der Waals surface area contributed by atoms with Gasteiger partial charge in [-0.1, -0.05) is 30.7 Å². The molecule has 3 nitrogen and oxygen atoms in total. The Bertz CT molecular complexity index is 523. The lowest BCUT2D eigenvalue weighted by atomic mass is 9.77. The molecule has 0 radical (unpaired) electrons. The van der Waals surface area contributed by atoms with E-state index in [4.69, 9.17) is 22.1 Å². The molecule has 1 aromatic carbocycles. The number of alkyl halides is 1. The molecule has 19 heavy (non-hydrogen) atoms. The first kappa shape index (κ1) is 14.1. The van der Waals surface area contributed by atoms with Crippen molar-refractivity contribution in [2.45, 2.75) is 25.5 Å². The maximum absolute atomic E-state index is 14.2. The second-order valence-corrected chi connectivity index (χ2v) is 5.13. The zero-order valence-corrected chi connectivity index (χ0v) is 11.4. The minimum Gasteiger partial charge on any atom is -0.462 e. The van der Waals surface area contributed by atoms with Crippen LogP contribution in [0.3, 0.4) is 0 Å². The number of hydrogen-bond acceptors (Lipinski definition) is 3. The van der Waals surface area contributed by atoms with Crippen LogP contribution in [0.2, 0.25) is 5.02 Å². The summed E-state index contributed by atoms with van der Waals surface area (Å²) in [6.45, 7) is 2.62. The van der Waals surface area contributed by atoms with Gasteiger partial charge in [-0.15, -0.1) is 0 Å². The van der Waals surface area contributed by atoms with E-state index in [0.717, 1.165) is 0 Å². The van der Waals surface area contributed by atoms with Crippen LogP contribution in [-0.4, -0.2) is 18.8 Å². The molecule has 2 N–H and O–H groups in total. The molecule has 0 aliphatic carbocycles. The van der Waals surface area contributed by atoms with Gasteiger partial charge in [0, 0.05) is 11.5 Å². The lowest BCUT2D eigenvalue weighted by Gasteiger charge is -2.40. The molecular weight excluding hydrogens is 274 g/mol. The molecule has 2 rings (SSSR count). The molecule has 0 bridgehead atoms. The Kier molecular flexibility index (Phi) is 3.67. The maximum atomic E-state index is 14.2. The number of halogens is 3. The van der Waals surface area contributed by atoms with Crippen molar-refractivity contribution in [3.05, 3.63) is 34.6 Å². The number of aliphatic imine (C=N–C) groups is 1. The molecule has 1 aromatic rings. The molecule has 3 atom stereocenters. The topological polar surface area (TPSA) is 47.6 Å². The van der Waals surface area contributed by atoms with Crippen LogP contribution in [0.15, 0.2) is 23.2 Å². The van der Waals surface area contributed by atoms with E-state index >= 15 is 0 Å². The third-order valence-corrected chi connectivity index (χ3v) is 3.99. The summed E-state index contributed by atoms with van der Waals surface area (Å²) in [4.78, 5) is 4.03. The first-order valence-electron chi connectivity index (χ1n) is 5.95. The van der Waals surface area contributed by atoms with Crippen molar-refractivity contribution in [3.63, 3.8) is 0 Å². The number of benzene rings is 1. The van der Waals surface area contributed by atoms with Crippen LogP contribution in [0.5, 0.6) is 0 Å². The summed E-state index contributed by atoms with van der Waals surface area (Å²) < 4.78 is 33.1. The highest BCUT2D eigenvalue weighted by Crippen LogP contribution is 2.42. The van der Waals surface area contributed by atoms with Crippen LogP contribution in [-0.2, 0) is 10.3 Å². The summed E-state index contributed by atoms with van der Waals surface area (Å²) >= 11 is 5.76. The molecule has 0 aromatic heterocycles. The first-order valence-corrected chi connectivity index (χ1v) is 6.32. The Morgan fingerprint density at radius 1 is 1.47 bits per heavy atom. The summed E-state index contributed by atoms with van der Waals surface area (Å²) in [6, 6.07) is 4.32. The van der Waals surface area contributed by atoms with Gasteiger partial charge in [-0.25, -0.2) is 13.8 Å². The second kappa shape index (κ2) is 4.96. The minimum absolute atomic E-state index is 0.0644. The zero-order valence-electron chi connectivity index (χ0n) is 10.7. The molecule has 0 amide bonds. The molecule has 1 aliphatic rings. The molecule has 0 saturated heterocycles. The van der Waals surface area contributed by atoms with Crippen LogP contribution in [0.4, 0.5) is 8.78 Å². The third-order valence-electron chi connectivity index (χ3n) is 3.70. The van der Waals surface area contributed by atoms with Crippen LogP contribution < -0.4 is 5.73 Å². The van der Waals surface area contributed by atoms with Crippen molar-refractivity contribution in [1.82, 2.24) is 0 Å². The van der Waals surface area contributed by atoms with E-state index in [9.17, 15) is 8.78 Å². The van der Waals surface area contributed by atoms with Gasteiger partial charge in [-0.05, 0) is 13.0 Å². The highest BCUT2D eigenvalue weighted by Gasteiger charge is 2.47. The fourth-order valence-corrected chi connectivity index (χ4v) is 2.55. The van der Waals surface area contributed by atoms with Crippen LogP contribution >= 0.6 is 11.6 Å². The van der Waals surface area contributed by atoms with Gasteiger partial charge in [0.2, 0.25) is 0 Å². The lowest BCUT2D eigenvalue weighted by molar-refractivity contribution is 0.0494. The molecule has 6 heteroatoms. The number of amidine groups is 1. The summed E-state index contributed by atoms with van der Waals surface area (Å²) in [5, 5.41) is -0.0644. The third kappa shape index (κ3) is 2.16. The second-order valence-electron chi connectivity index (χ2n) is 4.72.